The number of para-hydroxylation sites is 2. The third-order valence-electron chi connectivity index (χ3n) is 10.8. The van der Waals surface area contributed by atoms with Gasteiger partial charge in [-0.1, -0.05) is 36.4 Å². The van der Waals surface area contributed by atoms with Gasteiger partial charge in [0, 0.05) is 46.3 Å². The van der Waals surface area contributed by atoms with Crippen LogP contribution < -0.4 is 0 Å². The van der Waals surface area contributed by atoms with Gasteiger partial charge in [0.2, 0.25) is 0 Å². The molecule has 0 spiro atoms. The second kappa shape index (κ2) is 12.6. The molecule has 4 aromatic heterocycles. The van der Waals surface area contributed by atoms with Crippen LogP contribution in [0, 0.1) is 27.7 Å². The number of fused-ring (bicyclic) bond motifs is 6. The van der Waals surface area contributed by atoms with E-state index in [1.165, 1.54) is 24.3 Å². The van der Waals surface area contributed by atoms with Gasteiger partial charge in [-0.15, -0.1) is 0 Å². The molecule has 0 aliphatic carbocycles. The van der Waals surface area contributed by atoms with Crippen LogP contribution in [0.5, 0.6) is 0 Å². The summed E-state index contributed by atoms with van der Waals surface area (Å²) in [4.78, 5) is 8.90. The van der Waals surface area contributed by atoms with Gasteiger partial charge >= 0.3 is 12.4 Å². The summed E-state index contributed by atoms with van der Waals surface area (Å²) < 4.78 is 89.1. The minimum absolute atomic E-state index is 0.418. The van der Waals surface area contributed by atoms with Crippen molar-refractivity contribution < 1.29 is 26.3 Å². The summed E-state index contributed by atoms with van der Waals surface area (Å²) in [7, 11) is 0. The molecule has 0 bridgehead atoms. The van der Waals surface area contributed by atoms with E-state index < -0.39 is 23.5 Å². The lowest BCUT2D eigenvalue weighted by Gasteiger charge is -2.24. The van der Waals surface area contributed by atoms with E-state index >= 15 is 0 Å². The highest BCUT2D eigenvalue weighted by Crippen LogP contribution is 2.46. The quantitative estimate of drug-likeness (QED) is 0.168. The van der Waals surface area contributed by atoms with E-state index in [1.54, 1.807) is 36.9 Å². The van der Waals surface area contributed by atoms with Crippen molar-refractivity contribution in [2.75, 3.05) is 0 Å². The number of aromatic nitrogens is 4. The minimum Gasteiger partial charge on any atom is -0.307 e. The normalized spacial score (nSPS) is 12.5. The van der Waals surface area contributed by atoms with Crippen LogP contribution in [0.2, 0.25) is 0 Å². The van der Waals surface area contributed by atoms with E-state index in [9.17, 15) is 26.3 Å². The average Bonchev–Trinajstić information content (AvgIpc) is 3.66. The maximum absolute atomic E-state index is 14.2. The van der Waals surface area contributed by atoms with Crippen LogP contribution in [0.4, 0.5) is 26.3 Å². The largest absolute Gasteiger partial charge is 0.416 e. The molecule has 9 aromatic rings. The predicted octanol–water partition coefficient (Wildman–Crippen LogP) is 13.3. The molecule has 9 rings (SSSR count). The Morgan fingerprint density at radius 3 is 1.11 bits per heavy atom. The summed E-state index contributed by atoms with van der Waals surface area (Å²) in [6.45, 7) is 7.96. The maximum Gasteiger partial charge on any atom is 0.416 e. The van der Waals surface area contributed by atoms with Crippen molar-refractivity contribution in [3.63, 3.8) is 0 Å². The molecule has 4 heterocycles. The van der Waals surface area contributed by atoms with Crippen molar-refractivity contribution in [2.45, 2.75) is 40.0 Å². The Morgan fingerprint density at radius 1 is 0.411 bits per heavy atom. The van der Waals surface area contributed by atoms with Gasteiger partial charge in [0.05, 0.1) is 44.6 Å². The Hall–Kier alpha value is -6.42. The smallest absolute Gasteiger partial charge is 0.307 e. The first kappa shape index (κ1) is 35.3. The number of alkyl halides is 6. The molecule has 10 heteroatoms. The van der Waals surface area contributed by atoms with Crippen LogP contribution >= 0.6 is 0 Å². The van der Waals surface area contributed by atoms with Crippen molar-refractivity contribution in [3.8, 4) is 33.6 Å². The highest BCUT2D eigenvalue weighted by molar-refractivity contribution is 6.12. The van der Waals surface area contributed by atoms with E-state index in [4.69, 9.17) is 0 Å². The molecule has 0 fully saturated rings. The summed E-state index contributed by atoms with van der Waals surface area (Å²) >= 11 is 0. The summed E-state index contributed by atoms with van der Waals surface area (Å²) in [6, 6.07) is 26.3. The molecule has 0 saturated heterocycles. The summed E-state index contributed by atoms with van der Waals surface area (Å²) in [5.74, 6) is 0. The molecule has 0 aliphatic heterocycles. The maximum atomic E-state index is 14.2. The number of hydrogen-bond acceptors (Lipinski definition) is 2. The van der Waals surface area contributed by atoms with Crippen molar-refractivity contribution in [3.05, 3.63) is 155 Å². The molecule has 0 amide bonds. The van der Waals surface area contributed by atoms with Crippen LogP contribution in [0.15, 0.2) is 122 Å². The van der Waals surface area contributed by atoms with Gasteiger partial charge in [0.15, 0.2) is 0 Å². The summed E-state index contributed by atoms with van der Waals surface area (Å²) in [6.07, 6.45) is -1.92. The molecule has 0 saturated carbocycles. The number of benzene rings is 5. The summed E-state index contributed by atoms with van der Waals surface area (Å²) in [5, 5.41) is 2.08. The summed E-state index contributed by atoms with van der Waals surface area (Å²) in [5.41, 5.74) is 9.41. The number of pyridine rings is 2. The molecule has 5 aromatic carbocycles. The van der Waals surface area contributed by atoms with Gasteiger partial charge in [-0.2, -0.15) is 26.3 Å². The predicted molar refractivity (Wildman–Crippen MR) is 211 cm³/mol. The van der Waals surface area contributed by atoms with E-state index in [1.807, 2.05) is 73.2 Å². The van der Waals surface area contributed by atoms with Crippen LogP contribution in [-0.4, -0.2) is 19.1 Å². The molecule has 0 unspecified atom stereocenters. The Balaban J connectivity index is 1.52. The molecule has 0 atom stereocenters. The van der Waals surface area contributed by atoms with Gasteiger partial charge < -0.3 is 9.13 Å². The molecule has 56 heavy (non-hydrogen) atoms. The molecular formula is C46H32F6N4. The van der Waals surface area contributed by atoms with E-state index in [0.717, 1.165) is 56.6 Å². The zero-order chi connectivity index (χ0) is 39.3. The second-order valence-corrected chi connectivity index (χ2v) is 14.3. The fourth-order valence-corrected chi connectivity index (χ4v) is 8.42. The van der Waals surface area contributed by atoms with Gasteiger partial charge in [0.1, 0.15) is 0 Å². The van der Waals surface area contributed by atoms with Crippen molar-refractivity contribution >= 4 is 43.6 Å². The van der Waals surface area contributed by atoms with Gasteiger partial charge in [0.25, 0.3) is 0 Å². The van der Waals surface area contributed by atoms with E-state index in [-0.39, 0.29) is 0 Å². The van der Waals surface area contributed by atoms with Crippen molar-refractivity contribution in [1.29, 1.82) is 0 Å². The number of hydrogen-bond donors (Lipinski definition) is 0. The Kier molecular flexibility index (Phi) is 7.91. The highest BCUT2D eigenvalue weighted by Gasteiger charge is 2.33. The molecule has 4 nitrogen and oxygen atoms in total. The number of rotatable bonds is 4. The third kappa shape index (κ3) is 5.45. The number of aryl methyl sites for hydroxylation is 4. The molecular weight excluding hydrogens is 723 g/mol. The Labute approximate surface area is 317 Å². The lowest BCUT2D eigenvalue weighted by atomic mass is 9.87. The highest BCUT2D eigenvalue weighted by atomic mass is 19.4. The standard InChI is InChI=1S/C46H32F6N4/c1-25-21-53-22-26(2)43(25)35-19-41(55-37-11-7-5-9-31(37)33-17-29(45(47,48)49)13-15-39(33)55)42(20-36(35)44-27(3)23-54-24-28(44)4)56-38-12-8-6-10-32(38)34-18-30(46(50,51)52)14-16-40(34)56/h5-24H,1-4H3. The molecule has 0 radical (unpaired) electrons. The first-order valence-electron chi connectivity index (χ1n) is 17.9. The SMILES string of the molecule is Cc1cncc(C)c1-c1cc(-n2c3ccccc3c3cc(C(F)(F)F)ccc32)c(-n2c3ccccc3c3cc(C(F)(F)F)ccc32)cc1-c1c(C)cncc1C. The third-order valence-corrected chi connectivity index (χ3v) is 10.8. The van der Waals surface area contributed by atoms with Gasteiger partial charge in [-0.25, -0.2) is 0 Å². The lowest BCUT2D eigenvalue weighted by Crippen LogP contribution is -2.07. The zero-order valence-electron chi connectivity index (χ0n) is 30.6. The van der Waals surface area contributed by atoms with Gasteiger partial charge in [-0.3, -0.25) is 9.97 Å². The first-order valence-corrected chi connectivity index (χ1v) is 17.9. The van der Waals surface area contributed by atoms with Gasteiger partial charge in [-0.05, 0) is 133 Å². The topological polar surface area (TPSA) is 35.6 Å². The zero-order valence-corrected chi connectivity index (χ0v) is 30.6. The van der Waals surface area contributed by atoms with E-state index in [2.05, 4.69) is 22.1 Å². The van der Waals surface area contributed by atoms with Crippen LogP contribution in [0.1, 0.15) is 33.4 Å². The molecule has 0 N–H and O–H groups in total. The minimum atomic E-state index is -4.56. The number of nitrogens with zero attached hydrogens (tertiary/aromatic N) is 4. The molecule has 0 aliphatic rings. The second-order valence-electron chi connectivity index (χ2n) is 14.3. The first-order chi connectivity index (χ1) is 26.7. The number of halogens is 6. The lowest BCUT2D eigenvalue weighted by molar-refractivity contribution is -0.138. The van der Waals surface area contributed by atoms with Crippen LogP contribution in [0.3, 0.4) is 0 Å². The average molecular weight is 755 g/mol. The van der Waals surface area contributed by atoms with Crippen LogP contribution in [0.25, 0.3) is 77.2 Å². The van der Waals surface area contributed by atoms with Crippen LogP contribution in [-0.2, 0) is 12.4 Å². The monoisotopic (exact) mass is 754 g/mol. The van der Waals surface area contributed by atoms with Crippen molar-refractivity contribution in [2.24, 2.45) is 0 Å². The fraction of sp³-hybridized carbons (Fsp3) is 0.130. The Bertz CT molecular complexity index is 2810. The molecule has 278 valence electrons. The van der Waals surface area contributed by atoms with Crippen molar-refractivity contribution in [1.82, 2.24) is 19.1 Å². The Morgan fingerprint density at radius 2 is 0.750 bits per heavy atom. The fourth-order valence-electron chi connectivity index (χ4n) is 8.42. The van der Waals surface area contributed by atoms with E-state index in [0.29, 0.717) is 55.0 Å².